The minimum Gasteiger partial charge on any atom is -0.507 e. The number of carbonyl (C=O) groups is 2. The summed E-state index contributed by atoms with van der Waals surface area (Å²) in [5, 5.41) is 11.3. The predicted octanol–water partition coefficient (Wildman–Crippen LogP) is 3.39. The summed E-state index contributed by atoms with van der Waals surface area (Å²) in [5.41, 5.74) is 2.30. The summed E-state index contributed by atoms with van der Waals surface area (Å²) in [6.07, 6.45) is 0.795. The zero-order valence-electron chi connectivity index (χ0n) is 19.5. The Morgan fingerprint density at radius 2 is 2.00 bits per heavy atom. The number of Topliss-reactive ketones (excluding diaryl/α,β-unsaturated/α-hetero) is 1. The third-order valence-electron chi connectivity index (χ3n) is 5.98. The van der Waals surface area contributed by atoms with Crippen LogP contribution in [0.25, 0.3) is 5.76 Å². The fourth-order valence-corrected chi connectivity index (χ4v) is 4.43. The number of hydrogen-bond donors (Lipinski definition) is 1. The molecule has 2 heterocycles. The van der Waals surface area contributed by atoms with Gasteiger partial charge >= 0.3 is 0 Å². The van der Waals surface area contributed by atoms with E-state index < -0.39 is 17.7 Å². The van der Waals surface area contributed by atoms with E-state index in [1.807, 2.05) is 63.2 Å². The molecule has 2 aliphatic heterocycles. The molecule has 1 amide bonds. The van der Waals surface area contributed by atoms with Gasteiger partial charge in [-0.3, -0.25) is 9.59 Å². The maximum absolute atomic E-state index is 13.2. The Balaban J connectivity index is 1.82. The number of aliphatic hydroxyl groups is 1. The number of ether oxygens (including phenoxy) is 2. The van der Waals surface area contributed by atoms with Crippen LogP contribution < -0.4 is 9.47 Å². The fourth-order valence-electron chi connectivity index (χ4n) is 4.43. The zero-order chi connectivity index (χ0) is 23.7. The normalized spacial score (nSPS) is 21.4. The van der Waals surface area contributed by atoms with Gasteiger partial charge in [-0.15, -0.1) is 0 Å². The second kappa shape index (κ2) is 9.27. The molecule has 0 radical (unpaired) electrons. The molecule has 2 aromatic carbocycles. The van der Waals surface area contributed by atoms with E-state index in [9.17, 15) is 14.7 Å². The molecule has 0 spiro atoms. The molecule has 1 saturated heterocycles. The van der Waals surface area contributed by atoms with Crippen molar-refractivity contribution in [1.29, 1.82) is 0 Å². The second-order valence-electron chi connectivity index (χ2n) is 8.76. The molecule has 1 N–H and O–H groups in total. The summed E-state index contributed by atoms with van der Waals surface area (Å²) in [5.74, 6) is -0.0234. The average molecular weight is 451 g/mol. The van der Waals surface area contributed by atoms with Crippen molar-refractivity contribution in [2.75, 3.05) is 33.8 Å². The van der Waals surface area contributed by atoms with E-state index >= 15 is 0 Å². The van der Waals surface area contributed by atoms with E-state index in [1.54, 1.807) is 12.1 Å². The van der Waals surface area contributed by atoms with Crippen LogP contribution in [-0.2, 0) is 16.0 Å². The first-order valence-electron chi connectivity index (χ1n) is 11.3. The Labute approximate surface area is 194 Å². The van der Waals surface area contributed by atoms with Crippen molar-refractivity contribution in [1.82, 2.24) is 9.80 Å². The maximum atomic E-state index is 13.2. The number of rotatable bonds is 7. The van der Waals surface area contributed by atoms with Crippen molar-refractivity contribution in [3.8, 4) is 11.5 Å². The summed E-state index contributed by atoms with van der Waals surface area (Å²) in [6.45, 7) is 5.32. The van der Waals surface area contributed by atoms with Gasteiger partial charge in [0, 0.05) is 25.1 Å². The lowest BCUT2D eigenvalue weighted by atomic mass is 9.94. The monoisotopic (exact) mass is 450 g/mol. The van der Waals surface area contributed by atoms with Gasteiger partial charge in [-0.1, -0.05) is 12.1 Å². The van der Waals surface area contributed by atoms with Crippen molar-refractivity contribution in [2.24, 2.45) is 0 Å². The lowest BCUT2D eigenvalue weighted by Gasteiger charge is -2.27. The molecule has 174 valence electrons. The highest BCUT2D eigenvalue weighted by atomic mass is 16.5. The van der Waals surface area contributed by atoms with Gasteiger partial charge in [0.2, 0.25) is 0 Å². The predicted molar refractivity (Wildman–Crippen MR) is 125 cm³/mol. The van der Waals surface area contributed by atoms with Gasteiger partial charge in [0.1, 0.15) is 23.4 Å². The van der Waals surface area contributed by atoms with Crippen LogP contribution in [0.15, 0.2) is 48.0 Å². The summed E-state index contributed by atoms with van der Waals surface area (Å²) in [4.78, 5) is 29.7. The minimum absolute atomic E-state index is 0.0651. The van der Waals surface area contributed by atoms with E-state index in [4.69, 9.17) is 9.47 Å². The molecule has 2 atom stereocenters. The SMILES string of the molecule is CCOc1cccc([C@@H]2/C(=C(\O)c3ccc4c(c3)C[C@@H](C)O4)C(=O)C(=O)N2CCN(C)C)c1. The number of likely N-dealkylation sites (tertiary alicyclic amines) is 1. The third kappa shape index (κ3) is 4.46. The molecule has 0 unspecified atom stereocenters. The van der Waals surface area contributed by atoms with Crippen LogP contribution in [0.3, 0.4) is 0 Å². The molecule has 2 aromatic rings. The van der Waals surface area contributed by atoms with Crippen LogP contribution in [-0.4, -0.2) is 66.5 Å². The first kappa shape index (κ1) is 22.9. The Morgan fingerprint density at radius 1 is 1.21 bits per heavy atom. The van der Waals surface area contributed by atoms with E-state index in [0.29, 0.717) is 31.0 Å². The van der Waals surface area contributed by atoms with Gasteiger partial charge in [0.15, 0.2) is 0 Å². The molecule has 7 nitrogen and oxygen atoms in total. The lowest BCUT2D eigenvalue weighted by Crippen LogP contribution is -2.35. The number of ketones is 1. The van der Waals surface area contributed by atoms with Crippen LogP contribution in [0.2, 0.25) is 0 Å². The van der Waals surface area contributed by atoms with Crippen molar-refractivity contribution >= 4 is 17.4 Å². The highest BCUT2D eigenvalue weighted by Gasteiger charge is 2.46. The first-order valence-corrected chi connectivity index (χ1v) is 11.3. The summed E-state index contributed by atoms with van der Waals surface area (Å²) < 4.78 is 11.4. The Bertz CT molecular complexity index is 1110. The standard InChI is InChI=1S/C26H30N2O5/c1-5-32-20-8-6-7-17(15-20)23-22(25(30)26(31)28(23)12-11-27(3)4)24(29)18-9-10-21-19(14-18)13-16(2)33-21/h6-10,14-16,23,29H,5,11-13H2,1-4H3/b24-22+/t16-,23-/m1/s1. The van der Waals surface area contributed by atoms with Crippen LogP contribution >= 0.6 is 0 Å². The molecule has 4 rings (SSSR count). The number of likely N-dealkylation sites (N-methyl/N-ethyl adjacent to an activating group) is 1. The van der Waals surface area contributed by atoms with Crippen molar-refractivity contribution < 1.29 is 24.2 Å². The van der Waals surface area contributed by atoms with Crippen molar-refractivity contribution in [2.45, 2.75) is 32.4 Å². The summed E-state index contributed by atoms with van der Waals surface area (Å²) in [6, 6.07) is 12.0. The van der Waals surface area contributed by atoms with E-state index in [0.717, 1.165) is 23.3 Å². The number of aliphatic hydroxyl groups excluding tert-OH is 1. The third-order valence-corrected chi connectivity index (χ3v) is 5.98. The van der Waals surface area contributed by atoms with E-state index in [1.165, 1.54) is 4.90 Å². The Morgan fingerprint density at radius 3 is 2.73 bits per heavy atom. The number of nitrogens with zero attached hydrogens (tertiary/aromatic N) is 2. The summed E-state index contributed by atoms with van der Waals surface area (Å²) in [7, 11) is 3.82. The number of carbonyl (C=O) groups excluding carboxylic acids is 2. The van der Waals surface area contributed by atoms with Gasteiger partial charge in [-0.25, -0.2) is 0 Å². The molecule has 2 aliphatic rings. The molecule has 7 heteroatoms. The Hall–Kier alpha value is -3.32. The van der Waals surface area contributed by atoms with Gasteiger partial charge in [-0.2, -0.15) is 0 Å². The minimum atomic E-state index is -0.700. The largest absolute Gasteiger partial charge is 0.507 e. The Kier molecular flexibility index (Phi) is 6.42. The lowest BCUT2D eigenvalue weighted by molar-refractivity contribution is -0.140. The quantitative estimate of drug-likeness (QED) is 0.396. The van der Waals surface area contributed by atoms with Gasteiger partial charge in [-0.05, 0) is 69.4 Å². The van der Waals surface area contributed by atoms with E-state index in [-0.39, 0.29) is 17.4 Å². The van der Waals surface area contributed by atoms with Crippen LogP contribution in [0, 0.1) is 0 Å². The van der Waals surface area contributed by atoms with E-state index in [2.05, 4.69) is 0 Å². The van der Waals surface area contributed by atoms with Crippen molar-refractivity contribution in [3.63, 3.8) is 0 Å². The molecule has 1 fully saturated rings. The number of fused-ring (bicyclic) bond motifs is 1. The van der Waals surface area contributed by atoms with Crippen LogP contribution in [0.4, 0.5) is 0 Å². The highest BCUT2D eigenvalue weighted by molar-refractivity contribution is 6.46. The molecular weight excluding hydrogens is 420 g/mol. The van der Waals surface area contributed by atoms with Crippen molar-refractivity contribution in [3.05, 3.63) is 64.7 Å². The number of benzene rings is 2. The molecule has 0 aliphatic carbocycles. The molecular formula is C26H30N2O5. The second-order valence-corrected chi connectivity index (χ2v) is 8.76. The summed E-state index contributed by atoms with van der Waals surface area (Å²) >= 11 is 0. The number of amides is 1. The molecule has 0 bridgehead atoms. The first-order chi connectivity index (χ1) is 15.8. The molecule has 0 aromatic heterocycles. The molecule has 33 heavy (non-hydrogen) atoms. The zero-order valence-corrected chi connectivity index (χ0v) is 19.5. The van der Waals surface area contributed by atoms with Gasteiger partial charge in [0.25, 0.3) is 11.7 Å². The smallest absolute Gasteiger partial charge is 0.295 e. The molecule has 0 saturated carbocycles. The number of hydrogen-bond acceptors (Lipinski definition) is 6. The average Bonchev–Trinajstić information content (AvgIpc) is 3.28. The van der Waals surface area contributed by atoms with Crippen LogP contribution in [0.1, 0.15) is 36.6 Å². The fraction of sp³-hybridized carbons (Fsp3) is 0.385. The van der Waals surface area contributed by atoms with Gasteiger partial charge in [0.05, 0.1) is 18.2 Å². The van der Waals surface area contributed by atoms with Crippen LogP contribution in [0.5, 0.6) is 11.5 Å². The highest BCUT2D eigenvalue weighted by Crippen LogP contribution is 2.41. The topological polar surface area (TPSA) is 79.3 Å². The maximum Gasteiger partial charge on any atom is 0.295 e. The van der Waals surface area contributed by atoms with Gasteiger partial charge < -0.3 is 24.4 Å².